The van der Waals surface area contributed by atoms with Crippen molar-refractivity contribution in [3.05, 3.63) is 30.3 Å². The van der Waals surface area contributed by atoms with Gasteiger partial charge < -0.3 is 19.8 Å². The van der Waals surface area contributed by atoms with Gasteiger partial charge >= 0.3 is 5.97 Å². The zero-order valence-electron chi connectivity index (χ0n) is 11.1. The van der Waals surface area contributed by atoms with Gasteiger partial charge in [-0.2, -0.15) is 0 Å². The van der Waals surface area contributed by atoms with Crippen LogP contribution < -0.4 is 4.74 Å². The molecule has 6 heteroatoms. The van der Waals surface area contributed by atoms with Crippen LogP contribution in [0.1, 0.15) is 13.3 Å². The van der Waals surface area contributed by atoms with Gasteiger partial charge in [0.05, 0.1) is 6.10 Å². The minimum absolute atomic E-state index is 0.0261. The SMILES string of the molecule is CC(Oc1ccccc1)C(=O)N1C[C@H](O)C[C@H]1C(=O)O. The molecule has 2 N–H and O–H groups in total. The molecule has 0 radical (unpaired) electrons. The van der Waals surface area contributed by atoms with Crippen LogP contribution in [0.5, 0.6) is 5.75 Å². The molecule has 1 amide bonds. The lowest BCUT2D eigenvalue weighted by Gasteiger charge is -2.25. The summed E-state index contributed by atoms with van der Waals surface area (Å²) in [6, 6.07) is 7.85. The lowest BCUT2D eigenvalue weighted by atomic mass is 10.2. The van der Waals surface area contributed by atoms with Gasteiger partial charge in [-0.3, -0.25) is 4.79 Å². The summed E-state index contributed by atoms with van der Waals surface area (Å²) >= 11 is 0. The summed E-state index contributed by atoms with van der Waals surface area (Å²) in [5.74, 6) is -1.00. The number of benzene rings is 1. The van der Waals surface area contributed by atoms with E-state index in [0.717, 1.165) is 0 Å². The van der Waals surface area contributed by atoms with Crippen molar-refractivity contribution < 1.29 is 24.5 Å². The molecule has 1 aliphatic rings. The molecule has 0 spiro atoms. The summed E-state index contributed by atoms with van der Waals surface area (Å²) < 4.78 is 5.49. The topological polar surface area (TPSA) is 87.1 Å². The molecule has 0 aliphatic carbocycles. The number of likely N-dealkylation sites (tertiary alicyclic amines) is 1. The van der Waals surface area contributed by atoms with Gasteiger partial charge in [-0.25, -0.2) is 4.79 Å². The van der Waals surface area contributed by atoms with Gasteiger partial charge in [-0.15, -0.1) is 0 Å². The predicted molar refractivity (Wildman–Crippen MR) is 70.3 cm³/mol. The second kappa shape index (κ2) is 5.92. The average Bonchev–Trinajstić information content (AvgIpc) is 2.81. The molecule has 0 aromatic heterocycles. The summed E-state index contributed by atoms with van der Waals surface area (Å²) in [5.41, 5.74) is 0. The number of carboxylic acid groups (broad SMARTS) is 1. The quantitative estimate of drug-likeness (QED) is 0.838. The number of aliphatic carboxylic acids is 1. The van der Waals surface area contributed by atoms with Crippen LogP contribution >= 0.6 is 0 Å². The molecular weight excluding hydrogens is 262 g/mol. The monoisotopic (exact) mass is 279 g/mol. The smallest absolute Gasteiger partial charge is 0.326 e. The molecule has 1 aliphatic heterocycles. The number of aliphatic hydroxyl groups excluding tert-OH is 1. The van der Waals surface area contributed by atoms with Gasteiger partial charge in [-0.05, 0) is 19.1 Å². The van der Waals surface area contributed by atoms with Gasteiger partial charge in [0.25, 0.3) is 5.91 Å². The van der Waals surface area contributed by atoms with Gasteiger partial charge in [0.15, 0.2) is 6.10 Å². The number of β-amino-alcohol motifs (C(OH)–C–C–N with tert-alkyl or cyclic N) is 1. The Bertz CT molecular complexity index is 490. The Labute approximate surface area is 116 Å². The normalized spacial score (nSPS) is 23.4. The first-order valence-electron chi connectivity index (χ1n) is 6.42. The van der Waals surface area contributed by atoms with Gasteiger partial charge in [0, 0.05) is 13.0 Å². The van der Waals surface area contributed by atoms with Crippen LogP contribution in [0.2, 0.25) is 0 Å². The highest BCUT2D eigenvalue weighted by Crippen LogP contribution is 2.20. The maximum absolute atomic E-state index is 12.2. The predicted octanol–water partition coefficient (Wildman–Crippen LogP) is 0.500. The summed E-state index contributed by atoms with van der Waals surface area (Å²) in [7, 11) is 0. The Kier molecular flexibility index (Phi) is 4.24. The average molecular weight is 279 g/mol. The molecule has 1 fully saturated rings. The number of aliphatic hydroxyl groups is 1. The van der Waals surface area contributed by atoms with E-state index >= 15 is 0 Å². The van der Waals surface area contributed by atoms with Crippen molar-refractivity contribution >= 4 is 11.9 Å². The van der Waals surface area contributed by atoms with Crippen molar-refractivity contribution in [2.24, 2.45) is 0 Å². The molecule has 1 heterocycles. The van der Waals surface area contributed by atoms with E-state index in [0.29, 0.717) is 5.75 Å². The first-order valence-corrected chi connectivity index (χ1v) is 6.42. The molecule has 3 atom stereocenters. The number of ether oxygens (including phenoxy) is 1. The van der Waals surface area contributed by atoms with E-state index in [1.807, 2.05) is 6.07 Å². The Balaban J connectivity index is 2.04. The van der Waals surface area contributed by atoms with Gasteiger partial charge in [0.1, 0.15) is 11.8 Å². The number of carbonyl (C=O) groups excluding carboxylic acids is 1. The number of amides is 1. The van der Waals surface area contributed by atoms with E-state index in [1.165, 1.54) is 4.90 Å². The Morgan fingerprint density at radius 1 is 1.35 bits per heavy atom. The van der Waals surface area contributed by atoms with E-state index < -0.39 is 30.1 Å². The first-order chi connectivity index (χ1) is 9.49. The number of hydrogen-bond donors (Lipinski definition) is 2. The largest absolute Gasteiger partial charge is 0.481 e. The number of carboxylic acids is 1. The molecule has 108 valence electrons. The van der Waals surface area contributed by atoms with Crippen molar-refractivity contribution in [3.8, 4) is 5.75 Å². The van der Waals surface area contributed by atoms with Gasteiger partial charge in [0.2, 0.25) is 0 Å². The lowest BCUT2D eigenvalue weighted by Crippen LogP contribution is -2.46. The van der Waals surface area contributed by atoms with E-state index in [-0.39, 0.29) is 13.0 Å². The third-order valence-electron chi connectivity index (χ3n) is 3.25. The zero-order valence-corrected chi connectivity index (χ0v) is 11.1. The molecule has 2 rings (SSSR count). The highest BCUT2D eigenvalue weighted by atomic mass is 16.5. The fraction of sp³-hybridized carbons (Fsp3) is 0.429. The van der Waals surface area contributed by atoms with Crippen LogP contribution in [0.3, 0.4) is 0 Å². The highest BCUT2D eigenvalue weighted by molar-refractivity contribution is 5.87. The Morgan fingerprint density at radius 3 is 2.60 bits per heavy atom. The fourth-order valence-electron chi connectivity index (χ4n) is 2.28. The molecule has 1 saturated heterocycles. The van der Waals surface area contributed by atoms with E-state index in [9.17, 15) is 14.7 Å². The third kappa shape index (κ3) is 3.08. The minimum atomic E-state index is -1.11. The van der Waals surface area contributed by atoms with Crippen molar-refractivity contribution in [1.29, 1.82) is 0 Å². The van der Waals surface area contributed by atoms with Crippen LogP contribution in [0, 0.1) is 0 Å². The molecule has 1 aromatic carbocycles. The molecule has 20 heavy (non-hydrogen) atoms. The molecule has 0 bridgehead atoms. The van der Waals surface area contributed by atoms with Crippen LogP contribution in [-0.2, 0) is 9.59 Å². The standard InChI is InChI=1S/C14H17NO5/c1-9(20-11-5-3-2-4-6-11)13(17)15-8-10(16)7-12(15)14(18)19/h2-6,9-10,12,16H,7-8H2,1H3,(H,18,19)/t9?,10-,12+/m1/s1. The number of hydrogen-bond acceptors (Lipinski definition) is 4. The second-order valence-corrected chi connectivity index (χ2v) is 4.81. The van der Waals surface area contributed by atoms with Crippen molar-refractivity contribution in [3.63, 3.8) is 0 Å². The summed E-state index contributed by atoms with van der Waals surface area (Å²) in [6.07, 6.45) is -1.55. The maximum Gasteiger partial charge on any atom is 0.326 e. The number of carbonyl (C=O) groups is 2. The number of nitrogens with zero attached hydrogens (tertiary/aromatic N) is 1. The third-order valence-corrected chi connectivity index (χ3v) is 3.25. The fourth-order valence-corrected chi connectivity index (χ4v) is 2.28. The van der Waals surface area contributed by atoms with E-state index in [4.69, 9.17) is 9.84 Å². The maximum atomic E-state index is 12.2. The Hall–Kier alpha value is -2.08. The van der Waals surface area contributed by atoms with Crippen molar-refractivity contribution in [2.45, 2.75) is 31.6 Å². The summed E-state index contributed by atoms with van der Waals surface area (Å²) in [6.45, 7) is 1.59. The number of para-hydroxylation sites is 1. The van der Waals surface area contributed by atoms with Crippen LogP contribution in [-0.4, -0.2) is 51.8 Å². The van der Waals surface area contributed by atoms with E-state index in [1.54, 1.807) is 31.2 Å². The Morgan fingerprint density at radius 2 is 2.00 bits per heavy atom. The summed E-state index contributed by atoms with van der Waals surface area (Å²) in [4.78, 5) is 24.5. The molecule has 0 saturated carbocycles. The van der Waals surface area contributed by atoms with Crippen LogP contribution in [0.25, 0.3) is 0 Å². The molecular formula is C14H17NO5. The van der Waals surface area contributed by atoms with Crippen LogP contribution in [0.15, 0.2) is 30.3 Å². The van der Waals surface area contributed by atoms with Crippen molar-refractivity contribution in [2.75, 3.05) is 6.54 Å². The van der Waals surface area contributed by atoms with Crippen molar-refractivity contribution in [1.82, 2.24) is 4.90 Å². The number of rotatable bonds is 4. The summed E-state index contributed by atoms with van der Waals surface area (Å²) in [5, 5.41) is 18.6. The highest BCUT2D eigenvalue weighted by Gasteiger charge is 2.40. The lowest BCUT2D eigenvalue weighted by molar-refractivity contribution is -0.150. The molecule has 1 unspecified atom stereocenters. The minimum Gasteiger partial charge on any atom is -0.481 e. The first kappa shape index (κ1) is 14.3. The van der Waals surface area contributed by atoms with Gasteiger partial charge in [-0.1, -0.05) is 18.2 Å². The second-order valence-electron chi connectivity index (χ2n) is 4.81. The molecule has 1 aromatic rings. The van der Waals surface area contributed by atoms with E-state index in [2.05, 4.69) is 0 Å². The zero-order chi connectivity index (χ0) is 14.7. The van der Waals surface area contributed by atoms with Crippen LogP contribution in [0.4, 0.5) is 0 Å². The molecule has 6 nitrogen and oxygen atoms in total.